The van der Waals surface area contributed by atoms with Crippen molar-refractivity contribution in [3.8, 4) is 11.1 Å². The fourth-order valence-electron chi connectivity index (χ4n) is 2.46. The first-order chi connectivity index (χ1) is 9.47. The number of hydrogen-bond acceptors (Lipinski definition) is 0. The molecule has 2 aromatic carbocycles. The summed E-state index contributed by atoms with van der Waals surface area (Å²) >= 11 is 6.34. The molecule has 0 bridgehead atoms. The van der Waals surface area contributed by atoms with Crippen molar-refractivity contribution in [1.29, 1.82) is 0 Å². The van der Waals surface area contributed by atoms with Gasteiger partial charge in [0, 0.05) is 32.6 Å². The maximum Gasteiger partial charge on any atom is 0.0536 e. The van der Waals surface area contributed by atoms with E-state index in [1.807, 2.05) is 18.2 Å². The SMILES string of the molecule is CC(C)(C)c1cc2cccc(-c3ccccc3Cl)c2[nH]1. The zero-order valence-electron chi connectivity index (χ0n) is 12.0. The molecule has 0 spiro atoms. The topological polar surface area (TPSA) is 15.8 Å². The zero-order valence-corrected chi connectivity index (χ0v) is 12.8. The number of aromatic amines is 1. The first-order valence-electron chi connectivity index (χ1n) is 6.84. The van der Waals surface area contributed by atoms with Gasteiger partial charge in [-0.15, -0.1) is 0 Å². The molecule has 0 amide bonds. The van der Waals surface area contributed by atoms with E-state index in [0.717, 1.165) is 21.7 Å². The van der Waals surface area contributed by atoms with E-state index in [4.69, 9.17) is 11.6 Å². The van der Waals surface area contributed by atoms with Crippen LogP contribution in [0.4, 0.5) is 0 Å². The molecule has 0 unspecified atom stereocenters. The Bertz CT molecular complexity index is 762. The Morgan fingerprint density at radius 3 is 2.30 bits per heavy atom. The molecule has 0 aliphatic heterocycles. The summed E-state index contributed by atoms with van der Waals surface area (Å²) in [5.74, 6) is 0. The van der Waals surface area contributed by atoms with Gasteiger partial charge in [-0.25, -0.2) is 0 Å². The van der Waals surface area contributed by atoms with Crippen molar-refractivity contribution in [3.05, 3.63) is 59.2 Å². The smallest absolute Gasteiger partial charge is 0.0536 e. The highest BCUT2D eigenvalue weighted by Gasteiger charge is 2.17. The van der Waals surface area contributed by atoms with Gasteiger partial charge in [-0.1, -0.05) is 68.8 Å². The van der Waals surface area contributed by atoms with E-state index in [1.165, 1.54) is 11.1 Å². The quantitative estimate of drug-likeness (QED) is 0.582. The number of hydrogen-bond donors (Lipinski definition) is 1. The molecule has 1 heterocycles. The molecule has 1 N–H and O–H groups in total. The third kappa shape index (κ3) is 2.23. The molecule has 0 radical (unpaired) electrons. The second kappa shape index (κ2) is 4.68. The summed E-state index contributed by atoms with van der Waals surface area (Å²) in [6.45, 7) is 6.65. The van der Waals surface area contributed by atoms with Gasteiger partial charge >= 0.3 is 0 Å². The number of benzene rings is 2. The molecule has 0 saturated carbocycles. The molecule has 0 saturated heterocycles. The first kappa shape index (κ1) is 13.3. The Morgan fingerprint density at radius 2 is 1.60 bits per heavy atom. The van der Waals surface area contributed by atoms with Crippen LogP contribution in [0.2, 0.25) is 5.02 Å². The van der Waals surface area contributed by atoms with Crippen molar-refractivity contribution in [3.63, 3.8) is 0 Å². The highest BCUT2D eigenvalue weighted by atomic mass is 35.5. The maximum absolute atomic E-state index is 6.34. The third-order valence-electron chi connectivity index (χ3n) is 3.63. The van der Waals surface area contributed by atoms with Gasteiger partial charge in [-0.3, -0.25) is 0 Å². The molecule has 102 valence electrons. The van der Waals surface area contributed by atoms with Gasteiger partial charge in [0.1, 0.15) is 0 Å². The van der Waals surface area contributed by atoms with Crippen molar-refractivity contribution < 1.29 is 0 Å². The summed E-state index contributed by atoms with van der Waals surface area (Å²) in [6, 6.07) is 16.6. The molecular formula is C18H18ClN. The average Bonchev–Trinajstić information content (AvgIpc) is 2.83. The van der Waals surface area contributed by atoms with Gasteiger partial charge in [0.05, 0.1) is 5.52 Å². The van der Waals surface area contributed by atoms with E-state index >= 15 is 0 Å². The number of aromatic nitrogens is 1. The molecule has 3 rings (SSSR count). The Hall–Kier alpha value is -1.73. The van der Waals surface area contributed by atoms with Crippen LogP contribution in [0.5, 0.6) is 0 Å². The van der Waals surface area contributed by atoms with Crippen LogP contribution < -0.4 is 0 Å². The molecule has 20 heavy (non-hydrogen) atoms. The van der Waals surface area contributed by atoms with Crippen molar-refractivity contribution in [2.75, 3.05) is 0 Å². The van der Waals surface area contributed by atoms with Crippen molar-refractivity contribution >= 4 is 22.5 Å². The molecule has 3 aromatic rings. The van der Waals surface area contributed by atoms with Gasteiger partial charge in [0.2, 0.25) is 0 Å². The normalized spacial score (nSPS) is 12.0. The average molecular weight is 284 g/mol. The molecule has 1 aromatic heterocycles. The Balaban J connectivity index is 2.27. The summed E-state index contributed by atoms with van der Waals surface area (Å²) in [5, 5.41) is 2.01. The first-order valence-corrected chi connectivity index (χ1v) is 7.22. The van der Waals surface area contributed by atoms with E-state index in [1.54, 1.807) is 0 Å². The van der Waals surface area contributed by atoms with Gasteiger partial charge < -0.3 is 4.98 Å². The summed E-state index contributed by atoms with van der Waals surface area (Å²) in [4.78, 5) is 3.57. The molecule has 2 heteroatoms. The number of rotatable bonds is 1. The Labute approximate surface area is 124 Å². The third-order valence-corrected chi connectivity index (χ3v) is 3.96. The lowest BCUT2D eigenvalue weighted by Gasteiger charge is -2.15. The highest BCUT2D eigenvalue weighted by molar-refractivity contribution is 6.33. The highest BCUT2D eigenvalue weighted by Crippen LogP contribution is 2.35. The number of H-pyrrole nitrogens is 1. The molecular weight excluding hydrogens is 266 g/mol. The summed E-state index contributed by atoms with van der Waals surface area (Å²) in [6.07, 6.45) is 0. The molecule has 0 fully saturated rings. The van der Waals surface area contributed by atoms with Crippen LogP contribution >= 0.6 is 11.6 Å². The molecule has 0 atom stereocenters. The maximum atomic E-state index is 6.34. The second-order valence-electron chi connectivity index (χ2n) is 6.18. The summed E-state index contributed by atoms with van der Waals surface area (Å²) < 4.78 is 0. The van der Waals surface area contributed by atoms with E-state index < -0.39 is 0 Å². The van der Waals surface area contributed by atoms with Crippen molar-refractivity contribution in [2.45, 2.75) is 26.2 Å². The molecule has 0 aliphatic rings. The van der Waals surface area contributed by atoms with Crippen LogP contribution in [0.25, 0.3) is 22.0 Å². The lowest BCUT2D eigenvalue weighted by Crippen LogP contribution is -2.11. The van der Waals surface area contributed by atoms with Crippen LogP contribution in [0.3, 0.4) is 0 Å². The van der Waals surface area contributed by atoms with Crippen molar-refractivity contribution in [2.24, 2.45) is 0 Å². The van der Waals surface area contributed by atoms with Gasteiger partial charge in [0.25, 0.3) is 0 Å². The monoisotopic (exact) mass is 283 g/mol. The minimum Gasteiger partial charge on any atom is -0.357 e. The fourth-order valence-corrected chi connectivity index (χ4v) is 2.70. The van der Waals surface area contributed by atoms with Crippen LogP contribution in [-0.2, 0) is 5.41 Å². The van der Waals surface area contributed by atoms with Crippen molar-refractivity contribution in [1.82, 2.24) is 4.98 Å². The standard InChI is InChI=1S/C18H18ClN/c1-18(2,3)16-11-12-7-6-9-14(17(12)20-16)13-8-4-5-10-15(13)19/h4-11,20H,1-3H3. The Morgan fingerprint density at radius 1 is 0.900 bits per heavy atom. The number of halogens is 1. The van der Waals surface area contributed by atoms with E-state index in [9.17, 15) is 0 Å². The lowest BCUT2D eigenvalue weighted by molar-refractivity contribution is 0.574. The van der Waals surface area contributed by atoms with Crippen LogP contribution in [0, 0.1) is 0 Å². The minimum absolute atomic E-state index is 0.108. The van der Waals surface area contributed by atoms with Crippen LogP contribution in [0.15, 0.2) is 48.5 Å². The molecule has 0 aliphatic carbocycles. The molecule has 1 nitrogen and oxygen atoms in total. The zero-order chi connectivity index (χ0) is 14.3. The van der Waals surface area contributed by atoms with Gasteiger partial charge in [-0.05, 0) is 12.1 Å². The predicted octanol–water partition coefficient (Wildman–Crippen LogP) is 5.79. The van der Waals surface area contributed by atoms with E-state index in [-0.39, 0.29) is 5.41 Å². The largest absolute Gasteiger partial charge is 0.357 e. The Kier molecular flexibility index (Phi) is 3.10. The van der Waals surface area contributed by atoms with Gasteiger partial charge in [-0.2, -0.15) is 0 Å². The van der Waals surface area contributed by atoms with Crippen LogP contribution in [0.1, 0.15) is 26.5 Å². The number of para-hydroxylation sites is 1. The predicted molar refractivity (Wildman–Crippen MR) is 87.4 cm³/mol. The fraction of sp³-hybridized carbons (Fsp3) is 0.222. The van der Waals surface area contributed by atoms with E-state index in [0.29, 0.717) is 0 Å². The van der Waals surface area contributed by atoms with Crippen LogP contribution in [-0.4, -0.2) is 4.98 Å². The summed E-state index contributed by atoms with van der Waals surface area (Å²) in [5.41, 5.74) is 4.74. The van der Waals surface area contributed by atoms with E-state index in [2.05, 4.69) is 56.1 Å². The minimum atomic E-state index is 0.108. The number of nitrogens with one attached hydrogen (secondary N) is 1. The van der Waals surface area contributed by atoms with Gasteiger partial charge in [0.15, 0.2) is 0 Å². The number of fused-ring (bicyclic) bond motifs is 1. The summed E-state index contributed by atoms with van der Waals surface area (Å²) in [7, 11) is 0. The lowest BCUT2D eigenvalue weighted by atomic mass is 9.92. The second-order valence-corrected chi connectivity index (χ2v) is 6.59.